The fourth-order valence-corrected chi connectivity index (χ4v) is 9.83. The van der Waals surface area contributed by atoms with Gasteiger partial charge in [0.05, 0.1) is 17.6 Å². The number of fused-ring (bicyclic) bond motifs is 6. The first-order valence-corrected chi connectivity index (χ1v) is 26.2. The van der Waals surface area contributed by atoms with Gasteiger partial charge in [-0.15, -0.1) is 0 Å². The summed E-state index contributed by atoms with van der Waals surface area (Å²) >= 11 is 0. The number of amidine groups is 1. The van der Waals surface area contributed by atoms with Crippen LogP contribution in [0.25, 0.3) is 82.8 Å². The third-order valence-corrected chi connectivity index (χ3v) is 13.6. The van der Waals surface area contributed by atoms with Crippen molar-refractivity contribution < 1.29 is 4.42 Å². The molecule has 2 aromatic heterocycles. The predicted molar refractivity (Wildman–Crippen MR) is 321 cm³/mol. The third kappa shape index (κ3) is 11.6. The highest BCUT2D eigenvalue weighted by molar-refractivity contribution is 6.12. The highest BCUT2D eigenvalue weighted by Gasteiger charge is 2.18. The van der Waals surface area contributed by atoms with Gasteiger partial charge in [-0.1, -0.05) is 239 Å². The van der Waals surface area contributed by atoms with Crippen LogP contribution in [0, 0.1) is 13.8 Å². The first kappa shape index (κ1) is 51.1. The molecule has 12 rings (SSSR count). The summed E-state index contributed by atoms with van der Waals surface area (Å²) < 4.78 is 8.48. The molecule has 0 saturated carbocycles. The average Bonchev–Trinajstić information content (AvgIpc) is 4.07. The summed E-state index contributed by atoms with van der Waals surface area (Å²) in [5.41, 5.74) is 32.1. The van der Waals surface area contributed by atoms with E-state index in [-0.39, 0.29) is 0 Å². The molecule has 0 unspecified atom stereocenters. The Balaban J connectivity index is 0.000000192. The number of hydrogen-bond donors (Lipinski definition) is 2. The Morgan fingerprint density at radius 2 is 1.07 bits per heavy atom. The fraction of sp³-hybridized carbons (Fsp3) is 0.129. The van der Waals surface area contributed by atoms with Gasteiger partial charge >= 0.3 is 0 Å². The van der Waals surface area contributed by atoms with Crippen LogP contribution in [-0.2, 0) is 19.5 Å². The lowest BCUT2D eigenvalue weighted by Crippen LogP contribution is -2.14. The summed E-state index contributed by atoms with van der Waals surface area (Å²) in [4.78, 5) is 4.81. The van der Waals surface area contributed by atoms with Gasteiger partial charge in [-0.3, -0.25) is 4.99 Å². The number of aromatic nitrogens is 1. The van der Waals surface area contributed by atoms with Gasteiger partial charge in [0.2, 0.25) is 0 Å². The van der Waals surface area contributed by atoms with E-state index in [4.69, 9.17) is 20.9 Å². The second kappa shape index (κ2) is 24.3. The number of aliphatic imine (C=N–C) groups is 1. The highest BCUT2D eigenvalue weighted by atomic mass is 16.3. The number of furan rings is 1. The third-order valence-electron chi connectivity index (χ3n) is 13.6. The van der Waals surface area contributed by atoms with Crippen molar-refractivity contribution in [1.29, 1.82) is 0 Å². The number of hydrogen-bond acceptors (Lipinski definition) is 3. The summed E-state index contributed by atoms with van der Waals surface area (Å²) in [6, 6.07) is 82.6. The zero-order valence-electron chi connectivity index (χ0n) is 43.8. The summed E-state index contributed by atoms with van der Waals surface area (Å²) in [6.07, 6.45) is 2.17. The SMILES string of the molecule is CC.CCCc1ccccc1-c1ccc2c3ccccc3n(-c3cccc(C(N)=NCc4ccc5c(c4)oc4ccccc45)c3)c2c1C.Cc1ccc(-c2ccccc2)cc1.NCc1ccc(-c2ccccc2)cc1. The summed E-state index contributed by atoms with van der Waals surface area (Å²) in [6.45, 7) is 11.7. The maximum Gasteiger partial charge on any atom is 0.135 e. The van der Waals surface area contributed by atoms with Crippen LogP contribution >= 0.6 is 0 Å². The van der Waals surface area contributed by atoms with Crippen LogP contribution in [0.15, 0.2) is 246 Å². The number of aryl methyl sites for hydroxylation is 3. The highest BCUT2D eigenvalue weighted by Crippen LogP contribution is 2.39. The van der Waals surface area contributed by atoms with E-state index in [0.717, 1.165) is 51.6 Å². The van der Waals surface area contributed by atoms with Crippen LogP contribution in [0.3, 0.4) is 0 Å². The van der Waals surface area contributed by atoms with Crippen molar-refractivity contribution in [2.24, 2.45) is 16.5 Å². The van der Waals surface area contributed by atoms with Crippen molar-refractivity contribution in [3.05, 3.63) is 270 Å². The molecule has 0 atom stereocenters. The van der Waals surface area contributed by atoms with Crippen LogP contribution in [0.2, 0.25) is 0 Å². The van der Waals surface area contributed by atoms with Gasteiger partial charge in [0.15, 0.2) is 0 Å². The van der Waals surface area contributed by atoms with E-state index < -0.39 is 0 Å². The number of nitrogens with two attached hydrogens (primary N) is 2. The number of rotatable bonds is 10. The Labute approximate surface area is 442 Å². The fourth-order valence-electron chi connectivity index (χ4n) is 9.83. The van der Waals surface area contributed by atoms with Crippen molar-refractivity contribution in [1.82, 2.24) is 4.57 Å². The van der Waals surface area contributed by atoms with E-state index in [2.05, 4.69) is 213 Å². The van der Waals surface area contributed by atoms with Gasteiger partial charge in [-0.2, -0.15) is 0 Å². The molecule has 4 N–H and O–H groups in total. The van der Waals surface area contributed by atoms with E-state index in [0.29, 0.717) is 18.9 Å². The molecular formula is C70H66N4O. The van der Waals surface area contributed by atoms with Crippen molar-refractivity contribution in [2.75, 3.05) is 0 Å². The minimum atomic E-state index is 0.470. The van der Waals surface area contributed by atoms with Crippen molar-refractivity contribution in [3.8, 4) is 39.1 Å². The second-order valence-corrected chi connectivity index (χ2v) is 18.6. The number of benzene rings is 10. The zero-order chi connectivity index (χ0) is 52.1. The molecule has 0 amide bonds. The largest absolute Gasteiger partial charge is 0.456 e. The molecule has 5 heteroatoms. The molecule has 10 aromatic carbocycles. The molecule has 0 radical (unpaired) electrons. The standard InChI is InChI=1S/C42H35N3O.C13H13N.C13H12.C2H6/c1-3-11-29-12-4-5-15-33(29)32-22-23-37-34-16-6-8-18-38(34)45(41(37)27(32)2)31-14-10-13-30(25-31)42(43)44-26-28-20-21-36-35-17-7-9-19-39(35)46-40(36)24-28;14-10-11-6-8-13(9-7-11)12-4-2-1-3-5-12;1-11-7-9-13(10-8-11)12-5-3-2-4-6-12;1-2/h4-10,12-25H,3,11,26H2,1-2H3,(H2,43,44);1-9H,10,14H2;2-10H,1H3;1-2H3. The van der Waals surface area contributed by atoms with E-state index in [1.165, 1.54) is 77.4 Å². The van der Waals surface area contributed by atoms with Gasteiger partial charge in [-0.05, 0) is 106 Å². The van der Waals surface area contributed by atoms with Crippen LogP contribution in [0.4, 0.5) is 0 Å². The van der Waals surface area contributed by atoms with Crippen LogP contribution < -0.4 is 11.5 Å². The van der Waals surface area contributed by atoms with E-state index >= 15 is 0 Å². The first-order valence-electron chi connectivity index (χ1n) is 26.2. The second-order valence-electron chi connectivity index (χ2n) is 18.6. The maximum absolute atomic E-state index is 6.66. The van der Waals surface area contributed by atoms with E-state index in [1.54, 1.807) is 0 Å². The monoisotopic (exact) mass is 979 g/mol. The van der Waals surface area contributed by atoms with Gasteiger partial charge in [-0.25, -0.2) is 0 Å². The lowest BCUT2D eigenvalue weighted by Gasteiger charge is -2.15. The Kier molecular flexibility index (Phi) is 16.6. The average molecular weight is 979 g/mol. The normalized spacial score (nSPS) is 11.1. The first-order chi connectivity index (χ1) is 36.9. The Morgan fingerprint density at radius 1 is 0.493 bits per heavy atom. The molecule has 5 nitrogen and oxygen atoms in total. The molecule has 75 heavy (non-hydrogen) atoms. The smallest absolute Gasteiger partial charge is 0.135 e. The summed E-state index contributed by atoms with van der Waals surface area (Å²) in [5, 5.41) is 4.73. The zero-order valence-corrected chi connectivity index (χ0v) is 43.8. The molecule has 12 aromatic rings. The molecule has 0 aliphatic heterocycles. The summed E-state index contributed by atoms with van der Waals surface area (Å²) in [7, 11) is 0. The lowest BCUT2D eigenvalue weighted by atomic mass is 9.92. The maximum atomic E-state index is 6.66. The van der Waals surface area contributed by atoms with Crippen LogP contribution in [-0.4, -0.2) is 10.4 Å². The molecule has 372 valence electrons. The summed E-state index contributed by atoms with van der Waals surface area (Å²) in [5.74, 6) is 0.512. The van der Waals surface area contributed by atoms with Crippen molar-refractivity contribution in [2.45, 2.75) is 60.5 Å². The molecule has 0 bridgehead atoms. The molecular weight excluding hydrogens is 913 g/mol. The van der Waals surface area contributed by atoms with Gasteiger partial charge < -0.3 is 20.5 Å². The molecule has 0 saturated heterocycles. The molecule has 0 aliphatic rings. The molecule has 0 aliphatic carbocycles. The minimum Gasteiger partial charge on any atom is -0.456 e. The number of para-hydroxylation sites is 2. The number of nitrogens with zero attached hydrogens (tertiary/aromatic N) is 2. The van der Waals surface area contributed by atoms with Crippen LogP contribution in [0.5, 0.6) is 0 Å². The predicted octanol–water partition coefficient (Wildman–Crippen LogP) is 18.0. The minimum absolute atomic E-state index is 0.470. The quantitative estimate of drug-likeness (QED) is 0.106. The van der Waals surface area contributed by atoms with Gasteiger partial charge in [0, 0.05) is 39.3 Å². The molecule has 0 spiro atoms. The van der Waals surface area contributed by atoms with Gasteiger partial charge in [0.25, 0.3) is 0 Å². The van der Waals surface area contributed by atoms with E-state index in [1.807, 2.05) is 62.4 Å². The molecule has 0 fully saturated rings. The Hall–Kier alpha value is -8.77. The Morgan fingerprint density at radius 3 is 1.76 bits per heavy atom. The van der Waals surface area contributed by atoms with Gasteiger partial charge in [0.1, 0.15) is 17.0 Å². The molecule has 2 heterocycles. The van der Waals surface area contributed by atoms with Crippen molar-refractivity contribution >= 4 is 49.6 Å². The Bertz CT molecular complexity index is 3830. The topological polar surface area (TPSA) is 82.5 Å². The lowest BCUT2D eigenvalue weighted by molar-refractivity contribution is 0.668. The van der Waals surface area contributed by atoms with E-state index in [9.17, 15) is 0 Å². The van der Waals surface area contributed by atoms with Crippen molar-refractivity contribution in [3.63, 3.8) is 0 Å². The van der Waals surface area contributed by atoms with Crippen LogP contribution in [0.1, 0.15) is 60.6 Å².